The Bertz CT molecular complexity index is 295. The maximum Gasteiger partial charge on any atom is 0.333 e. The third-order valence-electron chi connectivity index (χ3n) is 1.31. The molecule has 0 amide bonds. The predicted octanol–water partition coefficient (Wildman–Crippen LogP) is -2.19. The molecule has 0 bridgehead atoms. The van der Waals surface area contributed by atoms with Crippen molar-refractivity contribution in [1.82, 2.24) is 0 Å². The fraction of sp³-hybridized carbons (Fsp3) is 0.500. The van der Waals surface area contributed by atoms with E-state index in [0.717, 1.165) is 0 Å². The summed E-state index contributed by atoms with van der Waals surface area (Å²) in [5, 5.41) is 48.3. The van der Waals surface area contributed by atoms with Crippen LogP contribution in [0.15, 0.2) is 0 Å². The molecule has 0 spiro atoms. The summed E-state index contributed by atoms with van der Waals surface area (Å²) in [5.41, 5.74) is 0. The normalized spacial score (nSPS) is 11.9. The SMILES string of the molecule is O=C(O)CC(O)C(=O)O.O=C(O)CC(O)C(=O)O.[V]. The summed E-state index contributed by atoms with van der Waals surface area (Å²) >= 11 is 0. The summed E-state index contributed by atoms with van der Waals surface area (Å²) in [7, 11) is 0. The molecule has 0 fully saturated rings. The molecule has 109 valence electrons. The van der Waals surface area contributed by atoms with Gasteiger partial charge in [-0.1, -0.05) is 0 Å². The van der Waals surface area contributed by atoms with Crippen molar-refractivity contribution in [2.45, 2.75) is 25.0 Å². The Kier molecular flexibility index (Phi) is 13.6. The van der Waals surface area contributed by atoms with E-state index in [1.54, 1.807) is 0 Å². The first-order valence-corrected chi connectivity index (χ1v) is 4.33. The van der Waals surface area contributed by atoms with E-state index in [4.69, 9.17) is 30.6 Å². The molecule has 0 aromatic rings. The fourth-order valence-corrected chi connectivity index (χ4v) is 0.505. The van der Waals surface area contributed by atoms with E-state index in [1.807, 2.05) is 0 Å². The van der Waals surface area contributed by atoms with Gasteiger partial charge in [0.25, 0.3) is 0 Å². The minimum absolute atomic E-state index is 0. The van der Waals surface area contributed by atoms with Gasteiger partial charge in [0.05, 0.1) is 12.8 Å². The molecule has 0 saturated carbocycles. The number of hydrogen-bond donors (Lipinski definition) is 6. The third kappa shape index (κ3) is 16.4. The zero-order valence-electron chi connectivity index (χ0n) is 9.33. The van der Waals surface area contributed by atoms with Crippen molar-refractivity contribution in [3.8, 4) is 0 Å². The maximum absolute atomic E-state index is 9.72. The second-order valence-corrected chi connectivity index (χ2v) is 2.90. The number of carboxylic acids is 4. The molecule has 2 unspecified atom stereocenters. The van der Waals surface area contributed by atoms with Crippen LogP contribution in [0.25, 0.3) is 0 Å². The minimum Gasteiger partial charge on any atom is -0.481 e. The third-order valence-corrected chi connectivity index (χ3v) is 1.31. The Morgan fingerprint density at radius 1 is 0.684 bits per heavy atom. The zero-order chi connectivity index (χ0) is 14.9. The Morgan fingerprint density at radius 3 is 0.947 bits per heavy atom. The summed E-state index contributed by atoms with van der Waals surface area (Å²) in [4.78, 5) is 38.8. The van der Waals surface area contributed by atoms with Gasteiger partial charge in [-0.15, -0.1) is 0 Å². The van der Waals surface area contributed by atoms with E-state index in [2.05, 4.69) is 0 Å². The maximum atomic E-state index is 9.72. The molecule has 19 heavy (non-hydrogen) atoms. The Morgan fingerprint density at radius 2 is 0.895 bits per heavy atom. The van der Waals surface area contributed by atoms with Crippen molar-refractivity contribution >= 4 is 23.9 Å². The number of rotatable bonds is 6. The largest absolute Gasteiger partial charge is 0.481 e. The van der Waals surface area contributed by atoms with E-state index in [1.165, 1.54) is 0 Å². The Balaban J connectivity index is -0.000000256. The van der Waals surface area contributed by atoms with E-state index in [0.29, 0.717) is 0 Å². The fourth-order valence-electron chi connectivity index (χ4n) is 0.505. The first-order valence-electron chi connectivity index (χ1n) is 4.33. The Hall–Kier alpha value is -1.62. The number of aliphatic carboxylic acids is 4. The van der Waals surface area contributed by atoms with Crippen molar-refractivity contribution in [3.05, 3.63) is 0 Å². The van der Waals surface area contributed by atoms with E-state index in [9.17, 15) is 19.2 Å². The molecule has 1 radical (unpaired) electrons. The summed E-state index contributed by atoms with van der Waals surface area (Å²) < 4.78 is 0. The van der Waals surface area contributed by atoms with Crippen LogP contribution in [0.5, 0.6) is 0 Å². The van der Waals surface area contributed by atoms with E-state index < -0.39 is 48.9 Å². The molecular formula is C8H12O10V. The second-order valence-electron chi connectivity index (χ2n) is 2.90. The number of aliphatic hydroxyl groups excluding tert-OH is 2. The minimum atomic E-state index is -1.79. The molecule has 0 aliphatic rings. The van der Waals surface area contributed by atoms with Gasteiger partial charge in [-0.3, -0.25) is 9.59 Å². The number of carbonyl (C=O) groups is 4. The summed E-state index contributed by atoms with van der Waals surface area (Å²) in [6, 6.07) is 0. The monoisotopic (exact) mass is 319 g/mol. The van der Waals surface area contributed by atoms with Crippen molar-refractivity contribution in [2.24, 2.45) is 0 Å². The first kappa shape index (κ1) is 22.6. The van der Waals surface area contributed by atoms with Crippen LogP contribution < -0.4 is 0 Å². The molecular weight excluding hydrogens is 307 g/mol. The van der Waals surface area contributed by atoms with Crippen LogP contribution in [0, 0.1) is 0 Å². The zero-order valence-corrected chi connectivity index (χ0v) is 10.7. The smallest absolute Gasteiger partial charge is 0.333 e. The van der Waals surface area contributed by atoms with Crippen molar-refractivity contribution in [2.75, 3.05) is 0 Å². The van der Waals surface area contributed by atoms with Crippen LogP contribution in [-0.2, 0) is 37.7 Å². The number of carboxylic acid groups (broad SMARTS) is 4. The summed E-state index contributed by atoms with van der Waals surface area (Å²) in [6.07, 6.45) is -5.09. The van der Waals surface area contributed by atoms with Crippen molar-refractivity contribution < 1.29 is 68.4 Å². The molecule has 0 aliphatic carbocycles. The average molecular weight is 319 g/mol. The van der Waals surface area contributed by atoms with Crippen LogP contribution in [0.4, 0.5) is 0 Å². The van der Waals surface area contributed by atoms with Gasteiger partial charge in [0.1, 0.15) is 0 Å². The summed E-state index contributed by atoms with van der Waals surface area (Å²) in [6.45, 7) is 0. The first-order chi connectivity index (χ1) is 8.07. The second kappa shape index (κ2) is 11.5. The predicted molar refractivity (Wildman–Crippen MR) is 51.8 cm³/mol. The molecule has 10 nitrogen and oxygen atoms in total. The molecule has 6 N–H and O–H groups in total. The van der Waals surface area contributed by atoms with Crippen LogP contribution in [0.1, 0.15) is 12.8 Å². The topological polar surface area (TPSA) is 190 Å². The molecule has 0 heterocycles. The molecule has 0 aliphatic heterocycles. The average Bonchev–Trinajstić information content (AvgIpc) is 2.16. The molecule has 0 aromatic heterocycles. The summed E-state index contributed by atoms with van der Waals surface area (Å²) in [5.74, 6) is -5.69. The van der Waals surface area contributed by atoms with Crippen LogP contribution in [0.2, 0.25) is 0 Å². The molecule has 11 heteroatoms. The molecule has 0 rings (SSSR count). The number of hydrogen-bond acceptors (Lipinski definition) is 6. The van der Waals surface area contributed by atoms with E-state index in [-0.39, 0.29) is 18.6 Å². The van der Waals surface area contributed by atoms with E-state index >= 15 is 0 Å². The standard InChI is InChI=1S/2C4H6O5.V/c2*5-2(4(8)9)1-3(6)7;/h2*2,5H,1H2,(H,6,7)(H,8,9);. The van der Waals surface area contributed by atoms with Gasteiger partial charge in [-0.2, -0.15) is 0 Å². The van der Waals surface area contributed by atoms with Crippen molar-refractivity contribution in [3.63, 3.8) is 0 Å². The van der Waals surface area contributed by atoms with Crippen LogP contribution >= 0.6 is 0 Å². The van der Waals surface area contributed by atoms with Crippen LogP contribution in [-0.4, -0.2) is 66.7 Å². The number of aliphatic hydroxyl groups is 2. The quantitative estimate of drug-likeness (QED) is 0.313. The van der Waals surface area contributed by atoms with Gasteiger partial charge >= 0.3 is 23.9 Å². The molecule has 2 atom stereocenters. The van der Waals surface area contributed by atoms with Crippen LogP contribution in [0.3, 0.4) is 0 Å². The van der Waals surface area contributed by atoms with Crippen molar-refractivity contribution in [1.29, 1.82) is 0 Å². The molecule has 0 saturated heterocycles. The van der Waals surface area contributed by atoms with Gasteiger partial charge in [0.15, 0.2) is 12.2 Å². The Labute approximate surface area is 118 Å². The van der Waals surface area contributed by atoms with Gasteiger partial charge < -0.3 is 30.6 Å². The van der Waals surface area contributed by atoms with Gasteiger partial charge in [0.2, 0.25) is 0 Å². The van der Waals surface area contributed by atoms with Gasteiger partial charge in [-0.05, 0) is 0 Å². The molecule has 0 aromatic carbocycles. The van der Waals surface area contributed by atoms with Gasteiger partial charge in [0, 0.05) is 18.6 Å². The van der Waals surface area contributed by atoms with Gasteiger partial charge in [-0.25, -0.2) is 9.59 Å².